The van der Waals surface area contributed by atoms with Crippen LogP contribution in [0.3, 0.4) is 0 Å². The van der Waals surface area contributed by atoms with Gasteiger partial charge in [-0.2, -0.15) is 5.10 Å². The number of nitrogens with one attached hydrogen (secondary N) is 1. The fourth-order valence-corrected chi connectivity index (χ4v) is 2.69. The molecular weight excluding hydrogens is 333 g/mol. The van der Waals surface area contributed by atoms with Gasteiger partial charge in [0.15, 0.2) is 0 Å². The number of nitrogens with zero attached hydrogens (tertiary/aromatic N) is 2. The first-order valence-corrected chi connectivity index (χ1v) is 8.68. The molecule has 1 aromatic carbocycles. The first kappa shape index (κ1) is 17.9. The van der Waals surface area contributed by atoms with E-state index in [0.29, 0.717) is 35.2 Å². The molecule has 0 spiro atoms. The third-order valence-electron chi connectivity index (χ3n) is 3.92. The van der Waals surface area contributed by atoms with E-state index >= 15 is 0 Å². The maximum atomic E-state index is 13.8. The molecule has 0 aliphatic heterocycles. The van der Waals surface area contributed by atoms with Crippen molar-refractivity contribution in [2.45, 2.75) is 33.2 Å². The minimum atomic E-state index is -0.329. The lowest BCUT2D eigenvalue weighted by Gasteiger charge is -2.10. The quantitative estimate of drug-likeness (QED) is 0.678. The van der Waals surface area contributed by atoms with Gasteiger partial charge >= 0.3 is 0 Å². The number of carbonyl (C=O) groups is 1. The van der Waals surface area contributed by atoms with Crippen LogP contribution in [0.15, 0.2) is 53.1 Å². The average molecular weight is 355 g/mol. The van der Waals surface area contributed by atoms with Crippen molar-refractivity contribution in [3.8, 4) is 11.3 Å². The second-order valence-electron chi connectivity index (χ2n) is 6.59. The predicted octanol–water partition coefficient (Wildman–Crippen LogP) is 4.51. The van der Waals surface area contributed by atoms with Gasteiger partial charge in [0, 0.05) is 25.5 Å². The molecule has 26 heavy (non-hydrogen) atoms. The molecule has 1 amide bonds. The van der Waals surface area contributed by atoms with Crippen LogP contribution in [0.5, 0.6) is 0 Å². The normalized spacial score (nSPS) is 11.1. The first-order chi connectivity index (χ1) is 12.5. The van der Waals surface area contributed by atoms with Gasteiger partial charge in [-0.15, -0.1) is 0 Å². The Labute approximate surface area is 151 Å². The Bertz CT molecular complexity index is 883. The molecule has 0 atom stereocenters. The highest BCUT2D eigenvalue weighted by Gasteiger charge is 2.12. The Morgan fingerprint density at radius 3 is 2.81 bits per heavy atom. The molecule has 0 radical (unpaired) electrons. The number of rotatable bonds is 7. The summed E-state index contributed by atoms with van der Waals surface area (Å²) in [7, 11) is 0. The molecular formula is C20H22FN3O2. The first-order valence-electron chi connectivity index (χ1n) is 8.68. The predicted molar refractivity (Wildman–Crippen MR) is 98.1 cm³/mol. The molecule has 6 heteroatoms. The standard InChI is InChI=1S/C20H22FN3O2/c1-14(2)13-24-19(11-12-22-24)23-20(25)10-8-15-7-9-18(26-15)16-5-3-4-6-17(16)21/h3-7,9,11-12,14H,8,10,13H2,1-2H3,(H,23,25). The number of amides is 1. The van der Waals surface area contributed by atoms with Gasteiger partial charge in [0.1, 0.15) is 23.2 Å². The van der Waals surface area contributed by atoms with Crippen LogP contribution in [-0.4, -0.2) is 15.7 Å². The molecule has 0 saturated carbocycles. The van der Waals surface area contributed by atoms with E-state index in [2.05, 4.69) is 24.3 Å². The van der Waals surface area contributed by atoms with E-state index in [0.717, 1.165) is 6.54 Å². The zero-order chi connectivity index (χ0) is 18.5. The molecule has 2 aromatic heterocycles. The van der Waals surface area contributed by atoms with Crippen molar-refractivity contribution < 1.29 is 13.6 Å². The van der Waals surface area contributed by atoms with Crippen LogP contribution in [-0.2, 0) is 17.8 Å². The Balaban J connectivity index is 1.57. The third-order valence-corrected chi connectivity index (χ3v) is 3.92. The highest BCUT2D eigenvalue weighted by molar-refractivity contribution is 5.89. The molecule has 0 bridgehead atoms. The van der Waals surface area contributed by atoms with Gasteiger partial charge in [-0.25, -0.2) is 9.07 Å². The zero-order valence-corrected chi connectivity index (χ0v) is 14.9. The topological polar surface area (TPSA) is 60.1 Å². The van der Waals surface area contributed by atoms with Gasteiger partial charge in [-0.3, -0.25) is 4.79 Å². The maximum Gasteiger partial charge on any atom is 0.225 e. The summed E-state index contributed by atoms with van der Waals surface area (Å²) in [4.78, 5) is 12.2. The number of hydrogen-bond donors (Lipinski definition) is 1. The van der Waals surface area contributed by atoms with Gasteiger partial charge in [-0.1, -0.05) is 26.0 Å². The van der Waals surface area contributed by atoms with E-state index in [4.69, 9.17) is 4.42 Å². The van der Waals surface area contributed by atoms with Gasteiger partial charge in [-0.05, 0) is 30.2 Å². The van der Waals surface area contributed by atoms with E-state index in [1.54, 1.807) is 47.3 Å². The number of carbonyl (C=O) groups excluding carboxylic acids is 1. The largest absolute Gasteiger partial charge is 0.461 e. The maximum absolute atomic E-state index is 13.8. The highest BCUT2D eigenvalue weighted by atomic mass is 19.1. The SMILES string of the molecule is CC(C)Cn1nccc1NC(=O)CCc1ccc(-c2ccccc2F)o1. The molecule has 3 aromatic rings. The molecule has 0 unspecified atom stereocenters. The van der Waals surface area contributed by atoms with Gasteiger partial charge in [0.2, 0.25) is 5.91 Å². The number of aromatic nitrogens is 2. The molecule has 3 rings (SSSR count). The van der Waals surface area contributed by atoms with E-state index in [1.165, 1.54) is 6.07 Å². The fraction of sp³-hybridized carbons (Fsp3) is 0.300. The second-order valence-corrected chi connectivity index (χ2v) is 6.59. The van der Waals surface area contributed by atoms with Crippen molar-refractivity contribution in [1.29, 1.82) is 0 Å². The number of aryl methyl sites for hydroxylation is 1. The summed E-state index contributed by atoms with van der Waals surface area (Å²) in [6, 6.07) is 11.7. The number of furan rings is 1. The summed E-state index contributed by atoms with van der Waals surface area (Å²) >= 11 is 0. The summed E-state index contributed by atoms with van der Waals surface area (Å²) < 4.78 is 21.3. The Morgan fingerprint density at radius 1 is 1.23 bits per heavy atom. The summed E-state index contributed by atoms with van der Waals surface area (Å²) in [5, 5.41) is 7.09. The summed E-state index contributed by atoms with van der Waals surface area (Å²) in [6.45, 7) is 4.93. The van der Waals surface area contributed by atoms with Gasteiger partial charge in [0.25, 0.3) is 0 Å². The molecule has 0 fully saturated rings. The van der Waals surface area contributed by atoms with Crippen LogP contribution in [0, 0.1) is 11.7 Å². The Kier molecular flexibility index (Phi) is 5.51. The number of halogens is 1. The number of anilines is 1. The Morgan fingerprint density at radius 2 is 2.04 bits per heavy atom. The van der Waals surface area contributed by atoms with Gasteiger partial charge < -0.3 is 9.73 Å². The second kappa shape index (κ2) is 7.99. The number of benzene rings is 1. The molecule has 0 saturated heterocycles. The van der Waals surface area contributed by atoms with Crippen molar-refractivity contribution in [3.63, 3.8) is 0 Å². The third kappa shape index (κ3) is 4.39. The van der Waals surface area contributed by atoms with E-state index in [-0.39, 0.29) is 18.1 Å². The van der Waals surface area contributed by atoms with E-state index in [9.17, 15) is 9.18 Å². The molecule has 0 aliphatic rings. The van der Waals surface area contributed by atoms with Crippen LogP contribution in [0.25, 0.3) is 11.3 Å². The average Bonchev–Trinajstić information content (AvgIpc) is 3.23. The van der Waals surface area contributed by atoms with Crippen LogP contribution < -0.4 is 5.32 Å². The fourth-order valence-electron chi connectivity index (χ4n) is 2.69. The van der Waals surface area contributed by atoms with Crippen LogP contribution in [0.2, 0.25) is 0 Å². The van der Waals surface area contributed by atoms with Crippen molar-refractivity contribution in [1.82, 2.24) is 9.78 Å². The van der Waals surface area contributed by atoms with Crippen molar-refractivity contribution in [3.05, 3.63) is 60.2 Å². The van der Waals surface area contributed by atoms with Crippen molar-refractivity contribution in [2.75, 3.05) is 5.32 Å². The monoisotopic (exact) mass is 355 g/mol. The lowest BCUT2D eigenvalue weighted by Crippen LogP contribution is -2.17. The van der Waals surface area contributed by atoms with Gasteiger partial charge in [0.05, 0.1) is 11.8 Å². The number of hydrogen-bond acceptors (Lipinski definition) is 3. The summed E-state index contributed by atoms with van der Waals surface area (Å²) in [5.41, 5.74) is 0.417. The summed E-state index contributed by atoms with van der Waals surface area (Å²) in [5.74, 6) is 1.80. The molecule has 1 N–H and O–H groups in total. The molecule has 5 nitrogen and oxygen atoms in total. The lowest BCUT2D eigenvalue weighted by molar-refractivity contribution is -0.116. The van der Waals surface area contributed by atoms with Crippen LogP contribution >= 0.6 is 0 Å². The Hall–Kier alpha value is -2.89. The van der Waals surface area contributed by atoms with E-state index in [1.807, 2.05) is 0 Å². The zero-order valence-electron chi connectivity index (χ0n) is 14.9. The lowest BCUT2D eigenvalue weighted by atomic mass is 10.1. The molecule has 2 heterocycles. The minimum Gasteiger partial charge on any atom is -0.461 e. The highest BCUT2D eigenvalue weighted by Crippen LogP contribution is 2.25. The van der Waals surface area contributed by atoms with Crippen LogP contribution in [0.1, 0.15) is 26.0 Å². The minimum absolute atomic E-state index is 0.112. The smallest absolute Gasteiger partial charge is 0.225 e. The molecule has 136 valence electrons. The summed E-state index contributed by atoms with van der Waals surface area (Å²) in [6.07, 6.45) is 2.39. The van der Waals surface area contributed by atoms with Crippen LogP contribution in [0.4, 0.5) is 10.2 Å². The molecule has 0 aliphatic carbocycles. The van der Waals surface area contributed by atoms with Crippen molar-refractivity contribution >= 4 is 11.7 Å². The van der Waals surface area contributed by atoms with E-state index < -0.39 is 0 Å². The van der Waals surface area contributed by atoms with Crippen molar-refractivity contribution in [2.24, 2.45) is 5.92 Å².